The minimum absolute atomic E-state index is 0.788. The minimum atomic E-state index is 0.788. The van der Waals surface area contributed by atoms with Gasteiger partial charge in [0.15, 0.2) is 11.6 Å². The summed E-state index contributed by atoms with van der Waals surface area (Å²) >= 11 is 0. The van der Waals surface area contributed by atoms with Crippen LogP contribution < -0.4 is 0 Å². The van der Waals surface area contributed by atoms with Crippen LogP contribution in [0.5, 0.6) is 0 Å². The van der Waals surface area contributed by atoms with Crippen LogP contribution in [0.1, 0.15) is 22.3 Å². The van der Waals surface area contributed by atoms with Crippen LogP contribution in [0.25, 0.3) is 22.8 Å². The molecular formula is C24H24N4. The lowest BCUT2D eigenvalue weighted by atomic mass is 10.1. The Bertz CT molecular complexity index is 830. The third kappa shape index (κ3) is 5.30. The maximum Gasteiger partial charge on any atom is 0.159 e. The van der Waals surface area contributed by atoms with Crippen LogP contribution in [0.4, 0.5) is 0 Å². The van der Waals surface area contributed by atoms with E-state index in [1.54, 1.807) is 0 Å². The molecule has 2 aromatic heterocycles. The molecule has 2 heterocycles. The SMILES string of the molecule is Cc1ccc(-c2ncc(C)cn2)cc1.Cc1ccc(-c2ncc(C)cn2)cc1. The molecule has 0 spiro atoms. The zero-order valence-electron chi connectivity index (χ0n) is 16.7. The van der Waals surface area contributed by atoms with Gasteiger partial charge in [0.05, 0.1) is 0 Å². The van der Waals surface area contributed by atoms with Gasteiger partial charge in [-0.25, -0.2) is 19.9 Å². The number of hydrogen-bond donors (Lipinski definition) is 0. The van der Waals surface area contributed by atoms with Crippen molar-refractivity contribution >= 4 is 0 Å². The zero-order valence-corrected chi connectivity index (χ0v) is 16.7. The molecule has 2 aromatic carbocycles. The molecule has 0 fully saturated rings. The first kappa shape index (κ1) is 19.4. The van der Waals surface area contributed by atoms with Crippen molar-refractivity contribution in [2.75, 3.05) is 0 Å². The predicted molar refractivity (Wildman–Crippen MR) is 114 cm³/mol. The first-order chi connectivity index (χ1) is 13.5. The molecule has 140 valence electrons. The monoisotopic (exact) mass is 368 g/mol. The molecule has 0 N–H and O–H groups in total. The van der Waals surface area contributed by atoms with E-state index in [1.165, 1.54) is 11.1 Å². The Morgan fingerprint density at radius 1 is 0.393 bits per heavy atom. The lowest BCUT2D eigenvalue weighted by Gasteiger charge is -2.00. The van der Waals surface area contributed by atoms with Crippen molar-refractivity contribution in [1.82, 2.24) is 19.9 Å². The second-order valence-electron chi connectivity index (χ2n) is 6.90. The van der Waals surface area contributed by atoms with E-state index in [9.17, 15) is 0 Å². The fourth-order valence-corrected chi connectivity index (χ4v) is 2.49. The van der Waals surface area contributed by atoms with E-state index >= 15 is 0 Å². The number of hydrogen-bond acceptors (Lipinski definition) is 4. The highest BCUT2D eigenvalue weighted by Gasteiger charge is 1.99. The van der Waals surface area contributed by atoms with Gasteiger partial charge in [-0.1, -0.05) is 59.7 Å². The number of aromatic nitrogens is 4. The van der Waals surface area contributed by atoms with E-state index in [1.807, 2.05) is 62.9 Å². The molecular weight excluding hydrogens is 344 g/mol. The molecule has 0 atom stereocenters. The average Bonchev–Trinajstić information content (AvgIpc) is 2.71. The van der Waals surface area contributed by atoms with Gasteiger partial charge >= 0.3 is 0 Å². The Labute approximate surface area is 166 Å². The molecule has 0 aliphatic carbocycles. The number of nitrogens with zero attached hydrogens (tertiary/aromatic N) is 4. The molecule has 0 bridgehead atoms. The van der Waals surface area contributed by atoms with Crippen molar-refractivity contribution in [3.63, 3.8) is 0 Å². The summed E-state index contributed by atoms with van der Waals surface area (Å²) < 4.78 is 0. The summed E-state index contributed by atoms with van der Waals surface area (Å²) in [6.07, 6.45) is 7.34. The lowest BCUT2D eigenvalue weighted by Crippen LogP contribution is -1.88. The molecule has 4 nitrogen and oxygen atoms in total. The molecule has 4 heteroatoms. The van der Waals surface area contributed by atoms with Gasteiger partial charge in [-0.3, -0.25) is 0 Å². The Hall–Kier alpha value is -3.40. The second kappa shape index (κ2) is 9.00. The van der Waals surface area contributed by atoms with Crippen molar-refractivity contribution in [2.45, 2.75) is 27.7 Å². The van der Waals surface area contributed by atoms with Gasteiger partial charge in [0.1, 0.15) is 0 Å². The highest BCUT2D eigenvalue weighted by atomic mass is 14.9. The predicted octanol–water partition coefficient (Wildman–Crippen LogP) is 5.52. The summed E-state index contributed by atoms with van der Waals surface area (Å²) in [6.45, 7) is 8.11. The number of aryl methyl sites for hydroxylation is 4. The molecule has 0 saturated carbocycles. The van der Waals surface area contributed by atoms with Gasteiger partial charge in [-0.05, 0) is 38.8 Å². The molecule has 4 rings (SSSR count). The number of benzene rings is 2. The summed E-state index contributed by atoms with van der Waals surface area (Å²) in [5, 5.41) is 0. The van der Waals surface area contributed by atoms with Crippen molar-refractivity contribution in [1.29, 1.82) is 0 Å². The molecule has 28 heavy (non-hydrogen) atoms. The van der Waals surface area contributed by atoms with E-state index in [0.29, 0.717) is 0 Å². The smallest absolute Gasteiger partial charge is 0.159 e. The molecule has 0 amide bonds. The van der Waals surface area contributed by atoms with Crippen LogP contribution in [0.2, 0.25) is 0 Å². The standard InChI is InChI=1S/2C12H12N2/c2*1-9-3-5-11(6-4-9)12-13-7-10(2)8-14-12/h2*3-8H,1-2H3. The summed E-state index contributed by atoms with van der Waals surface area (Å²) in [5.74, 6) is 1.58. The van der Waals surface area contributed by atoms with E-state index < -0.39 is 0 Å². The third-order valence-electron chi connectivity index (χ3n) is 4.18. The fourth-order valence-electron chi connectivity index (χ4n) is 2.49. The third-order valence-corrected chi connectivity index (χ3v) is 4.18. The Balaban J connectivity index is 0.000000161. The van der Waals surface area contributed by atoms with Crippen LogP contribution >= 0.6 is 0 Å². The van der Waals surface area contributed by atoms with Crippen LogP contribution in [-0.2, 0) is 0 Å². The maximum absolute atomic E-state index is 4.27. The van der Waals surface area contributed by atoms with Crippen LogP contribution in [0, 0.1) is 27.7 Å². The Morgan fingerprint density at radius 2 is 0.679 bits per heavy atom. The van der Waals surface area contributed by atoms with Crippen LogP contribution in [0.3, 0.4) is 0 Å². The quantitative estimate of drug-likeness (QED) is 0.467. The van der Waals surface area contributed by atoms with Crippen molar-refractivity contribution in [3.8, 4) is 22.8 Å². The molecule has 0 saturated heterocycles. The highest BCUT2D eigenvalue weighted by Crippen LogP contribution is 2.15. The largest absolute Gasteiger partial charge is 0.236 e. The van der Waals surface area contributed by atoms with Crippen LogP contribution in [0.15, 0.2) is 73.3 Å². The zero-order chi connectivity index (χ0) is 19.9. The summed E-state index contributed by atoms with van der Waals surface area (Å²) in [5.41, 5.74) is 6.80. The Morgan fingerprint density at radius 3 is 0.964 bits per heavy atom. The van der Waals surface area contributed by atoms with Gasteiger partial charge in [-0.2, -0.15) is 0 Å². The number of rotatable bonds is 2. The molecule has 0 unspecified atom stereocenters. The molecule has 4 aromatic rings. The molecule has 0 aliphatic rings. The van der Waals surface area contributed by atoms with Crippen molar-refractivity contribution in [2.24, 2.45) is 0 Å². The minimum Gasteiger partial charge on any atom is -0.236 e. The summed E-state index contributed by atoms with van der Waals surface area (Å²) in [7, 11) is 0. The topological polar surface area (TPSA) is 51.6 Å². The lowest BCUT2D eigenvalue weighted by molar-refractivity contribution is 1.14. The molecule has 0 aliphatic heterocycles. The van der Waals surface area contributed by atoms with Gasteiger partial charge in [0.25, 0.3) is 0 Å². The first-order valence-corrected chi connectivity index (χ1v) is 9.22. The van der Waals surface area contributed by atoms with E-state index in [4.69, 9.17) is 0 Å². The van der Waals surface area contributed by atoms with Gasteiger partial charge in [-0.15, -0.1) is 0 Å². The summed E-state index contributed by atoms with van der Waals surface area (Å²) in [6, 6.07) is 16.4. The normalized spacial score (nSPS) is 10.1. The van der Waals surface area contributed by atoms with Crippen molar-refractivity contribution < 1.29 is 0 Å². The fraction of sp³-hybridized carbons (Fsp3) is 0.167. The van der Waals surface area contributed by atoms with Gasteiger partial charge < -0.3 is 0 Å². The van der Waals surface area contributed by atoms with E-state index in [0.717, 1.165) is 33.9 Å². The summed E-state index contributed by atoms with van der Waals surface area (Å²) in [4.78, 5) is 17.1. The second-order valence-corrected chi connectivity index (χ2v) is 6.90. The highest BCUT2D eigenvalue weighted by molar-refractivity contribution is 5.55. The molecule has 0 radical (unpaired) electrons. The van der Waals surface area contributed by atoms with Crippen LogP contribution in [-0.4, -0.2) is 19.9 Å². The maximum atomic E-state index is 4.27. The average molecular weight is 368 g/mol. The van der Waals surface area contributed by atoms with E-state index in [-0.39, 0.29) is 0 Å². The Kier molecular flexibility index (Phi) is 6.22. The van der Waals surface area contributed by atoms with E-state index in [2.05, 4.69) is 58.0 Å². The van der Waals surface area contributed by atoms with Gasteiger partial charge in [0.2, 0.25) is 0 Å². The first-order valence-electron chi connectivity index (χ1n) is 9.22. The van der Waals surface area contributed by atoms with Gasteiger partial charge in [0, 0.05) is 35.9 Å². The van der Waals surface area contributed by atoms with Crippen molar-refractivity contribution in [3.05, 3.63) is 95.6 Å².